The average Bonchev–Trinajstić information content (AvgIpc) is 3.16. The van der Waals surface area contributed by atoms with Crippen LogP contribution in [0.1, 0.15) is 54.5 Å². The molecule has 0 aliphatic carbocycles. The topological polar surface area (TPSA) is 49.3 Å². The van der Waals surface area contributed by atoms with Gasteiger partial charge in [-0.25, -0.2) is 14.4 Å². The molecular weight excluding hydrogens is 367 g/mol. The van der Waals surface area contributed by atoms with Gasteiger partial charge in [0.15, 0.2) is 0 Å². The molecular formula is C23H31FN4O. The van der Waals surface area contributed by atoms with E-state index < -0.39 is 0 Å². The Morgan fingerprint density at radius 2 is 1.76 bits per heavy atom. The third-order valence-corrected chi connectivity index (χ3v) is 5.84. The van der Waals surface area contributed by atoms with Crippen LogP contribution in [0.2, 0.25) is 0 Å². The number of rotatable bonds is 7. The fourth-order valence-corrected chi connectivity index (χ4v) is 4.08. The number of aryl methyl sites for hydroxylation is 2. The van der Waals surface area contributed by atoms with E-state index in [2.05, 4.69) is 4.90 Å². The quantitative estimate of drug-likeness (QED) is 0.715. The van der Waals surface area contributed by atoms with Crippen LogP contribution in [0.4, 0.5) is 4.39 Å². The summed E-state index contributed by atoms with van der Waals surface area (Å²) in [5, 5.41) is 0. The highest BCUT2D eigenvalue weighted by Gasteiger charge is 2.27. The molecule has 0 radical (unpaired) electrons. The molecule has 156 valence electrons. The lowest BCUT2D eigenvalue weighted by Crippen LogP contribution is -2.32. The zero-order valence-electron chi connectivity index (χ0n) is 17.9. The van der Waals surface area contributed by atoms with E-state index in [4.69, 9.17) is 9.97 Å². The van der Waals surface area contributed by atoms with Gasteiger partial charge < -0.3 is 4.90 Å². The molecule has 3 rings (SSSR count). The van der Waals surface area contributed by atoms with E-state index in [0.29, 0.717) is 12.3 Å². The van der Waals surface area contributed by atoms with Crippen molar-refractivity contribution in [2.24, 2.45) is 0 Å². The van der Waals surface area contributed by atoms with Crippen molar-refractivity contribution in [3.05, 3.63) is 58.4 Å². The Morgan fingerprint density at radius 3 is 2.34 bits per heavy atom. The lowest BCUT2D eigenvalue weighted by Gasteiger charge is -2.20. The van der Waals surface area contributed by atoms with Gasteiger partial charge in [-0.3, -0.25) is 9.69 Å². The SMILES string of the molecule is CCN(CC)C(=O)Cc1c(C)nc([C@H]2CCN(Cc3ccc(F)cc3)C2)nc1C. The summed E-state index contributed by atoms with van der Waals surface area (Å²) < 4.78 is 13.1. The maximum atomic E-state index is 13.1. The van der Waals surface area contributed by atoms with E-state index >= 15 is 0 Å². The van der Waals surface area contributed by atoms with Crippen molar-refractivity contribution in [2.75, 3.05) is 26.2 Å². The minimum Gasteiger partial charge on any atom is -0.343 e. The van der Waals surface area contributed by atoms with Gasteiger partial charge in [0.2, 0.25) is 5.91 Å². The van der Waals surface area contributed by atoms with Crippen LogP contribution in [0.5, 0.6) is 0 Å². The van der Waals surface area contributed by atoms with E-state index in [1.54, 1.807) is 0 Å². The van der Waals surface area contributed by atoms with Crippen LogP contribution in [-0.4, -0.2) is 51.9 Å². The van der Waals surface area contributed by atoms with Gasteiger partial charge in [-0.2, -0.15) is 0 Å². The van der Waals surface area contributed by atoms with Crippen LogP contribution in [-0.2, 0) is 17.8 Å². The molecule has 0 spiro atoms. The predicted molar refractivity (Wildman–Crippen MR) is 112 cm³/mol. The largest absolute Gasteiger partial charge is 0.343 e. The number of hydrogen-bond donors (Lipinski definition) is 0. The molecule has 1 aromatic carbocycles. The Labute approximate surface area is 173 Å². The standard InChI is InChI=1S/C23H31FN4O/c1-5-28(6-2)22(29)13-21-16(3)25-23(26-17(21)4)19-11-12-27(15-19)14-18-7-9-20(24)10-8-18/h7-10,19H,5-6,11-15H2,1-4H3/t19-/m0/s1. The van der Waals surface area contributed by atoms with Crippen LogP contribution in [0.25, 0.3) is 0 Å². The molecule has 0 bridgehead atoms. The molecule has 0 N–H and O–H groups in total. The summed E-state index contributed by atoms with van der Waals surface area (Å²) in [6, 6.07) is 6.71. The zero-order valence-corrected chi connectivity index (χ0v) is 17.9. The number of halogens is 1. The fourth-order valence-electron chi connectivity index (χ4n) is 4.08. The molecule has 1 amide bonds. The number of benzene rings is 1. The Balaban J connectivity index is 1.67. The van der Waals surface area contributed by atoms with Crippen molar-refractivity contribution in [1.82, 2.24) is 19.8 Å². The minimum atomic E-state index is -0.202. The highest BCUT2D eigenvalue weighted by Crippen LogP contribution is 2.27. The number of carbonyl (C=O) groups excluding carboxylic acids is 1. The van der Waals surface area contributed by atoms with Gasteiger partial charge in [-0.05, 0) is 58.4 Å². The number of aromatic nitrogens is 2. The Hall–Kier alpha value is -2.34. The second-order valence-corrected chi connectivity index (χ2v) is 7.82. The predicted octanol–water partition coefficient (Wildman–Crippen LogP) is 3.63. The first kappa shape index (κ1) is 21.4. The first-order chi connectivity index (χ1) is 13.9. The summed E-state index contributed by atoms with van der Waals surface area (Å²) >= 11 is 0. The smallest absolute Gasteiger partial charge is 0.227 e. The number of carbonyl (C=O) groups is 1. The Kier molecular flexibility index (Phi) is 6.96. The number of amides is 1. The van der Waals surface area contributed by atoms with Gasteiger partial charge in [-0.15, -0.1) is 0 Å². The normalized spacial score (nSPS) is 16.9. The van der Waals surface area contributed by atoms with Crippen molar-refractivity contribution in [3.8, 4) is 0 Å². The average molecular weight is 399 g/mol. The lowest BCUT2D eigenvalue weighted by atomic mass is 10.0. The summed E-state index contributed by atoms with van der Waals surface area (Å²) in [6.07, 6.45) is 1.37. The first-order valence-electron chi connectivity index (χ1n) is 10.5. The van der Waals surface area contributed by atoms with E-state index in [0.717, 1.165) is 67.5 Å². The van der Waals surface area contributed by atoms with Gasteiger partial charge in [0.05, 0.1) is 6.42 Å². The fraction of sp³-hybridized carbons (Fsp3) is 0.522. The maximum absolute atomic E-state index is 13.1. The summed E-state index contributed by atoms with van der Waals surface area (Å²) in [5.41, 5.74) is 3.88. The minimum absolute atomic E-state index is 0.129. The summed E-state index contributed by atoms with van der Waals surface area (Å²) in [5.74, 6) is 1.09. The van der Waals surface area contributed by atoms with Gasteiger partial charge in [-0.1, -0.05) is 12.1 Å². The molecule has 6 heteroatoms. The second-order valence-electron chi connectivity index (χ2n) is 7.82. The third kappa shape index (κ3) is 5.18. The van der Waals surface area contributed by atoms with Crippen LogP contribution in [0.3, 0.4) is 0 Å². The summed E-state index contributed by atoms with van der Waals surface area (Å²) in [7, 11) is 0. The van der Waals surface area contributed by atoms with Gasteiger partial charge >= 0.3 is 0 Å². The molecule has 1 saturated heterocycles. The molecule has 1 atom stereocenters. The van der Waals surface area contributed by atoms with E-state index in [1.165, 1.54) is 12.1 Å². The summed E-state index contributed by atoms with van der Waals surface area (Å²) in [4.78, 5) is 26.3. The van der Waals surface area contributed by atoms with Crippen molar-refractivity contribution in [2.45, 2.75) is 53.0 Å². The molecule has 2 aromatic rings. The van der Waals surface area contributed by atoms with Crippen LogP contribution in [0.15, 0.2) is 24.3 Å². The third-order valence-electron chi connectivity index (χ3n) is 5.84. The molecule has 1 aromatic heterocycles. The monoisotopic (exact) mass is 398 g/mol. The Morgan fingerprint density at radius 1 is 1.14 bits per heavy atom. The van der Waals surface area contributed by atoms with Crippen LogP contribution in [0, 0.1) is 19.7 Å². The number of nitrogens with zero attached hydrogens (tertiary/aromatic N) is 4. The lowest BCUT2D eigenvalue weighted by molar-refractivity contribution is -0.130. The highest BCUT2D eigenvalue weighted by molar-refractivity contribution is 5.79. The molecule has 5 nitrogen and oxygen atoms in total. The van der Waals surface area contributed by atoms with E-state index in [-0.39, 0.29) is 11.7 Å². The molecule has 1 aliphatic rings. The number of likely N-dealkylation sites (N-methyl/N-ethyl adjacent to an activating group) is 1. The van der Waals surface area contributed by atoms with Gasteiger partial charge in [0, 0.05) is 49.0 Å². The van der Waals surface area contributed by atoms with Gasteiger partial charge in [0.1, 0.15) is 11.6 Å². The number of likely N-dealkylation sites (tertiary alicyclic amines) is 1. The van der Waals surface area contributed by atoms with Crippen molar-refractivity contribution in [1.29, 1.82) is 0 Å². The molecule has 0 saturated carbocycles. The van der Waals surface area contributed by atoms with Gasteiger partial charge in [0.25, 0.3) is 0 Å². The molecule has 1 fully saturated rings. The van der Waals surface area contributed by atoms with E-state index in [1.807, 2.05) is 44.7 Å². The molecule has 1 aliphatic heterocycles. The van der Waals surface area contributed by atoms with Crippen LogP contribution < -0.4 is 0 Å². The van der Waals surface area contributed by atoms with E-state index in [9.17, 15) is 9.18 Å². The zero-order chi connectivity index (χ0) is 21.0. The molecule has 2 heterocycles. The molecule has 29 heavy (non-hydrogen) atoms. The number of hydrogen-bond acceptors (Lipinski definition) is 4. The van der Waals surface area contributed by atoms with Crippen molar-refractivity contribution >= 4 is 5.91 Å². The summed E-state index contributed by atoms with van der Waals surface area (Å²) in [6.45, 7) is 12.1. The van der Waals surface area contributed by atoms with Crippen molar-refractivity contribution < 1.29 is 9.18 Å². The second kappa shape index (κ2) is 9.44. The highest BCUT2D eigenvalue weighted by atomic mass is 19.1. The molecule has 0 unspecified atom stereocenters. The Bertz CT molecular complexity index is 825. The maximum Gasteiger partial charge on any atom is 0.227 e. The van der Waals surface area contributed by atoms with Crippen LogP contribution >= 0.6 is 0 Å². The van der Waals surface area contributed by atoms with Crippen molar-refractivity contribution in [3.63, 3.8) is 0 Å². The first-order valence-corrected chi connectivity index (χ1v) is 10.5.